The van der Waals surface area contributed by atoms with Gasteiger partial charge in [-0.3, -0.25) is 14.4 Å². The first-order chi connectivity index (χ1) is 15.3. The van der Waals surface area contributed by atoms with Gasteiger partial charge in [0, 0.05) is 29.3 Å². The summed E-state index contributed by atoms with van der Waals surface area (Å²) in [6, 6.07) is 9.64. The van der Waals surface area contributed by atoms with E-state index in [1.54, 1.807) is 32.9 Å². The Morgan fingerprint density at radius 3 is 1.78 bits per heavy atom. The van der Waals surface area contributed by atoms with Gasteiger partial charge in [0.1, 0.15) is 6.61 Å². The predicted octanol–water partition coefficient (Wildman–Crippen LogP) is 4.75. The van der Waals surface area contributed by atoms with Crippen molar-refractivity contribution < 1.29 is 38.1 Å². The van der Waals surface area contributed by atoms with Gasteiger partial charge in [0.25, 0.3) is 0 Å². The van der Waals surface area contributed by atoms with Crippen molar-refractivity contribution in [2.75, 3.05) is 0 Å². The molecule has 0 atom stereocenters. The van der Waals surface area contributed by atoms with Crippen LogP contribution in [-0.2, 0) is 25.7 Å². The van der Waals surface area contributed by atoms with E-state index in [0.717, 1.165) is 10.0 Å². The summed E-state index contributed by atoms with van der Waals surface area (Å²) < 4.78 is 21.9. The largest absolute Gasteiger partial charge is 0.457 e. The van der Waals surface area contributed by atoms with Crippen molar-refractivity contribution in [1.82, 2.24) is 0 Å². The summed E-state index contributed by atoms with van der Waals surface area (Å²) in [5, 5.41) is 0. The quantitative estimate of drug-likeness (QED) is 0.354. The number of carbonyl (C=O) groups is 4. The number of benzene rings is 2. The average molecular weight is 507 g/mol. The van der Waals surface area contributed by atoms with Crippen molar-refractivity contribution in [2.24, 2.45) is 0 Å². The molecule has 170 valence electrons. The molecule has 0 amide bonds. The summed E-state index contributed by atoms with van der Waals surface area (Å²) in [5.41, 5.74) is 0.691. The van der Waals surface area contributed by atoms with Gasteiger partial charge in [-0.1, -0.05) is 54.9 Å². The van der Waals surface area contributed by atoms with Crippen LogP contribution < -0.4 is 14.2 Å². The van der Waals surface area contributed by atoms with Crippen LogP contribution in [0, 0.1) is 0 Å². The molecule has 0 bridgehead atoms. The normalized spacial score (nSPS) is 10.2. The topological polar surface area (TPSA) is 105 Å². The van der Waals surface area contributed by atoms with Crippen molar-refractivity contribution in [1.29, 1.82) is 0 Å². The zero-order valence-electron chi connectivity index (χ0n) is 17.9. The number of rotatable bonds is 9. The van der Waals surface area contributed by atoms with E-state index in [-0.39, 0.29) is 48.7 Å². The SMILES string of the molecule is CCC(=O)Oc1cc(C(=O)OCc2ccccc2Br)cc(OC(=O)CC)c1OC(=O)CC. The van der Waals surface area contributed by atoms with Gasteiger partial charge in [-0.2, -0.15) is 0 Å². The maximum Gasteiger partial charge on any atom is 0.338 e. The Morgan fingerprint density at radius 1 is 0.781 bits per heavy atom. The summed E-state index contributed by atoms with van der Waals surface area (Å²) in [5.74, 6) is -3.38. The smallest absolute Gasteiger partial charge is 0.338 e. The first kappa shape index (κ1) is 25.1. The summed E-state index contributed by atoms with van der Waals surface area (Å²) in [6.07, 6.45) is 0.0853. The molecule has 0 saturated heterocycles. The predicted molar refractivity (Wildman–Crippen MR) is 117 cm³/mol. The minimum absolute atomic E-state index is 0.0259. The molecule has 0 heterocycles. The molecule has 0 radical (unpaired) electrons. The van der Waals surface area contributed by atoms with Crippen LogP contribution in [0.2, 0.25) is 0 Å². The Bertz CT molecular complexity index is 976. The van der Waals surface area contributed by atoms with Gasteiger partial charge in [0.15, 0.2) is 11.5 Å². The van der Waals surface area contributed by atoms with Crippen molar-refractivity contribution in [3.8, 4) is 17.2 Å². The van der Waals surface area contributed by atoms with Crippen molar-refractivity contribution >= 4 is 39.8 Å². The van der Waals surface area contributed by atoms with Gasteiger partial charge >= 0.3 is 23.9 Å². The van der Waals surface area contributed by atoms with Gasteiger partial charge in [0.05, 0.1) is 5.56 Å². The maximum absolute atomic E-state index is 12.7. The Kier molecular flexibility index (Phi) is 9.39. The Balaban J connectivity index is 2.45. The average Bonchev–Trinajstić information content (AvgIpc) is 2.79. The number of hydrogen-bond donors (Lipinski definition) is 0. The molecule has 2 rings (SSSR count). The van der Waals surface area contributed by atoms with E-state index in [4.69, 9.17) is 18.9 Å². The molecule has 0 aromatic heterocycles. The standard InChI is InChI=1S/C23H23BrO8/c1-4-19(25)30-17-11-15(23(28)29-13-14-9-7-8-10-16(14)24)12-18(31-20(26)5-2)22(17)32-21(27)6-3/h7-12H,4-6,13H2,1-3H3. The fourth-order valence-electron chi connectivity index (χ4n) is 2.36. The van der Waals surface area contributed by atoms with Crippen LogP contribution in [0.15, 0.2) is 40.9 Å². The molecule has 0 aliphatic rings. The summed E-state index contributed by atoms with van der Waals surface area (Å²) in [6.45, 7) is 4.70. The van der Waals surface area contributed by atoms with Crippen LogP contribution in [0.1, 0.15) is 56.0 Å². The molecule has 0 aliphatic heterocycles. The number of hydrogen-bond acceptors (Lipinski definition) is 8. The van der Waals surface area contributed by atoms with Crippen LogP contribution >= 0.6 is 15.9 Å². The summed E-state index contributed by atoms with van der Waals surface area (Å²) in [7, 11) is 0. The number of halogens is 1. The number of esters is 4. The lowest BCUT2D eigenvalue weighted by Crippen LogP contribution is -2.15. The highest BCUT2D eigenvalue weighted by molar-refractivity contribution is 9.10. The van der Waals surface area contributed by atoms with Crippen molar-refractivity contribution in [2.45, 2.75) is 46.6 Å². The highest BCUT2D eigenvalue weighted by atomic mass is 79.9. The van der Waals surface area contributed by atoms with Crippen molar-refractivity contribution in [3.63, 3.8) is 0 Å². The molecule has 0 saturated carbocycles. The molecule has 2 aromatic carbocycles. The molecular weight excluding hydrogens is 484 g/mol. The monoisotopic (exact) mass is 506 g/mol. The van der Waals surface area contributed by atoms with Crippen molar-refractivity contribution in [3.05, 3.63) is 52.0 Å². The van der Waals surface area contributed by atoms with Gasteiger partial charge in [-0.05, 0) is 18.2 Å². The Labute approximate surface area is 193 Å². The molecule has 0 fully saturated rings. The van der Waals surface area contributed by atoms with E-state index in [0.29, 0.717) is 0 Å². The van der Waals surface area contributed by atoms with E-state index in [1.807, 2.05) is 12.1 Å². The lowest BCUT2D eigenvalue weighted by molar-refractivity contribution is -0.137. The van der Waals surface area contributed by atoms with Crippen LogP contribution in [0.5, 0.6) is 17.2 Å². The second-order valence-electron chi connectivity index (χ2n) is 6.45. The third kappa shape index (κ3) is 6.91. The first-order valence-electron chi connectivity index (χ1n) is 9.99. The number of carbonyl (C=O) groups excluding carboxylic acids is 4. The van der Waals surface area contributed by atoms with Gasteiger partial charge in [-0.15, -0.1) is 0 Å². The van der Waals surface area contributed by atoms with E-state index in [1.165, 1.54) is 12.1 Å². The molecule has 8 nitrogen and oxygen atoms in total. The molecule has 2 aromatic rings. The van der Waals surface area contributed by atoms with E-state index in [9.17, 15) is 19.2 Å². The second-order valence-corrected chi connectivity index (χ2v) is 7.31. The van der Waals surface area contributed by atoms with Gasteiger partial charge < -0.3 is 18.9 Å². The molecular formula is C23H23BrO8. The van der Waals surface area contributed by atoms with Crippen LogP contribution in [-0.4, -0.2) is 23.9 Å². The van der Waals surface area contributed by atoms with Gasteiger partial charge in [-0.25, -0.2) is 4.79 Å². The third-order valence-electron chi connectivity index (χ3n) is 4.10. The second kappa shape index (κ2) is 12.0. The zero-order chi connectivity index (χ0) is 23.7. The van der Waals surface area contributed by atoms with E-state index in [2.05, 4.69) is 15.9 Å². The van der Waals surface area contributed by atoms with Crippen LogP contribution in [0.3, 0.4) is 0 Å². The van der Waals surface area contributed by atoms with Gasteiger partial charge in [0.2, 0.25) is 5.75 Å². The van der Waals surface area contributed by atoms with E-state index >= 15 is 0 Å². The Morgan fingerprint density at radius 2 is 1.28 bits per heavy atom. The summed E-state index contributed by atoms with van der Waals surface area (Å²) in [4.78, 5) is 48.4. The molecule has 0 spiro atoms. The molecule has 0 aliphatic carbocycles. The van der Waals surface area contributed by atoms with Crippen LogP contribution in [0.4, 0.5) is 0 Å². The fraction of sp³-hybridized carbons (Fsp3) is 0.304. The first-order valence-corrected chi connectivity index (χ1v) is 10.8. The highest BCUT2D eigenvalue weighted by Crippen LogP contribution is 2.40. The zero-order valence-corrected chi connectivity index (χ0v) is 19.5. The summed E-state index contributed by atoms with van der Waals surface area (Å²) >= 11 is 3.38. The molecule has 9 heteroatoms. The highest BCUT2D eigenvalue weighted by Gasteiger charge is 2.24. The molecule has 0 N–H and O–H groups in total. The van der Waals surface area contributed by atoms with Crippen LogP contribution in [0.25, 0.3) is 0 Å². The minimum Gasteiger partial charge on any atom is -0.457 e. The minimum atomic E-state index is -0.753. The number of ether oxygens (including phenoxy) is 4. The molecule has 32 heavy (non-hydrogen) atoms. The maximum atomic E-state index is 12.7. The third-order valence-corrected chi connectivity index (χ3v) is 4.88. The Hall–Kier alpha value is -3.20. The molecule has 0 unspecified atom stereocenters. The lowest BCUT2D eigenvalue weighted by Gasteiger charge is -2.16. The lowest BCUT2D eigenvalue weighted by atomic mass is 10.1. The fourth-order valence-corrected chi connectivity index (χ4v) is 2.76. The van der Waals surface area contributed by atoms with E-state index < -0.39 is 23.9 Å².